The number of nitrogens with zero attached hydrogens (tertiary/aromatic N) is 3. The van der Waals surface area contributed by atoms with Crippen molar-refractivity contribution in [3.8, 4) is 0 Å². The number of hydrogen-bond donors (Lipinski definition) is 2. The molecule has 0 amide bonds. The maximum Gasteiger partial charge on any atom is 0.227 e. The first-order valence-corrected chi connectivity index (χ1v) is 7.17. The van der Waals surface area contributed by atoms with E-state index in [1.807, 2.05) is 31.3 Å². The van der Waals surface area contributed by atoms with E-state index in [-0.39, 0.29) is 12.4 Å². The molecule has 0 aliphatic rings. The normalized spacial score (nSPS) is 12.3. The van der Waals surface area contributed by atoms with Crippen molar-refractivity contribution in [1.29, 1.82) is 0 Å². The van der Waals surface area contributed by atoms with Crippen LogP contribution in [0.2, 0.25) is 0 Å². The Balaban J connectivity index is 0.00000176. The summed E-state index contributed by atoms with van der Waals surface area (Å²) in [5, 5.41) is 7.16. The molecule has 1 atom stereocenters. The predicted octanol–water partition coefficient (Wildman–Crippen LogP) is 2.30. The van der Waals surface area contributed by atoms with E-state index in [4.69, 9.17) is 4.52 Å². The van der Waals surface area contributed by atoms with Gasteiger partial charge >= 0.3 is 0 Å². The molecule has 0 spiro atoms. The van der Waals surface area contributed by atoms with Gasteiger partial charge in [0.1, 0.15) is 5.82 Å². The lowest BCUT2D eigenvalue weighted by Gasteiger charge is -2.04. The zero-order valence-electron chi connectivity index (χ0n) is 12.7. The van der Waals surface area contributed by atoms with Gasteiger partial charge in [0.2, 0.25) is 5.89 Å². The summed E-state index contributed by atoms with van der Waals surface area (Å²) in [5.74, 6) is 2.35. The van der Waals surface area contributed by atoms with Crippen LogP contribution in [0.4, 0.5) is 0 Å². The average Bonchev–Trinajstić information content (AvgIpc) is 3.10. The number of likely N-dealkylation sites (N-methyl/N-ethyl adjacent to an activating group) is 1. The van der Waals surface area contributed by atoms with E-state index in [0.29, 0.717) is 18.4 Å². The van der Waals surface area contributed by atoms with Gasteiger partial charge in [0.05, 0.1) is 11.0 Å². The van der Waals surface area contributed by atoms with Crippen LogP contribution in [0.1, 0.15) is 24.5 Å². The van der Waals surface area contributed by atoms with Gasteiger partial charge in [-0.1, -0.05) is 17.3 Å². The van der Waals surface area contributed by atoms with Gasteiger partial charge in [-0.15, -0.1) is 12.4 Å². The number of nitrogens with one attached hydrogen (secondary N) is 2. The van der Waals surface area contributed by atoms with Gasteiger partial charge < -0.3 is 14.8 Å². The number of rotatable bonds is 6. The van der Waals surface area contributed by atoms with Gasteiger partial charge in [0.25, 0.3) is 0 Å². The quantitative estimate of drug-likeness (QED) is 0.728. The molecule has 22 heavy (non-hydrogen) atoms. The molecule has 1 aromatic carbocycles. The molecule has 0 aliphatic carbocycles. The van der Waals surface area contributed by atoms with E-state index in [9.17, 15) is 0 Å². The molecule has 2 heterocycles. The first kappa shape index (κ1) is 16.5. The molecule has 0 saturated heterocycles. The number of aromatic amines is 1. The van der Waals surface area contributed by atoms with Crippen LogP contribution in [-0.4, -0.2) is 33.2 Å². The molecular formula is C15H20ClN5O. The molecule has 0 fully saturated rings. The number of H-pyrrole nitrogens is 1. The lowest BCUT2D eigenvalue weighted by atomic mass is 10.2. The van der Waals surface area contributed by atoms with Crippen LogP contribution in [0.25, 0.3) is 11.0 Å². The lowest BCUT2D eigenvalue weighted by molar-refractivity contribution is 0.370. The number of halogens is 1. The van der Waals surface area contributed by atoms with Crippen molar-refractivity contribution < 1.29 is 4.52 Å². The minimum atomic E-state index is 0. The smallest absolute Gasteiger partial charge is 0.227 e. The molecule has 1 unspecified atom stereocenters. The number of para-hydroxylation sites is 2. The topological polar surface area (TPSA) is 79.6 Å². The molecule has 0 radical (unpaired) electrons. The third kappa shape index (κ3) is 3.84. The summed E-state index contributed by atoms with van der Waals surface area (Å²) < 4.78 is 5.28. The second kappa shape index (κ2) is 7.38. The van der Waals surface area contributed by atoms with Crippen LogP contribution in [0, 0.1) is 0 Å². The van der Waals surface area contributed by atoms with Crippen molar-refractivity contribution in [2.45, 2.75) is 32.2 Å². The first-order chi connectivity index (χ1) is 10.2. The number of fused-ring (bicyclic) bond motifs is 1. The third-order valence-corrected chi connectivity index (χ3v) is 3.51. The fraction of sp³-hybridized carbons (Fsp3) is 0.400. The Morgan fingerprint density at radius 2 is 2.05 bits per heavy atom. The number of aromatic nitrogens is 4. The molecule has 6 nitrogen and oxygen atoms in total. The second-order valence-electron chi connectivity index (χ2n) is 5.20. The van der Waals surface area contributed by atoms with E-state index in [0.717, 1.165) is 35.5 Å². The van der Waals surface area contributed by atoms with Gasteiger partial charge in [-0.05, 0) is 26.1 Å². The fourth-order valence-corrected chi connectivity index (χ4v) is 2.20. The van der Waals surface area contributed by atoms with Gasteiger partial charge in [-0.25, -0.2) is 4.98 Å². The van der Waals surface area contributed by atoms with Crippen LogP contribution in [-0.2, 0) is 19.3 Å². The second-order valence-corrected chi connectivity index (χ2v) is 5.20. The number of benzene rings is 1. The van der Waals surface area contributed by atoms with Crippen LogP contribution >= 0.6 is 12.4 Å². The van der Waals surface area contributed by atoms with Crippen molar-refractivity contribution in [2.75, 3.05) is 7.05 Å². The molecule has 3 rings (SSSR count). The number of aryl methyl sites for hydroxylation is 2. The third-order valence-electron chi connectivity index (χ3n) is 3.51. The molecule has 0 aliphatic heterocycles. The SMILES string of the molecule is CNC(C)Cc1noc(CCc2nc3ccccc3[nH]2)n1.Cl. The van der Waals surface area contributed by atoms with Gasteiger partial charge in [0, 0.05) is 25.3 Å². The minimum absolute atomic E-state index is 0. The molecule has 0 saturated carbocycles. The zero-order valence-corrected chi connectivity index (χ0v) is 13.5. The Morgan fingerprint density at radius 1 is 1.23 bits per heavy atom. The van der Waals surface area contributed by atoms with E-state index < -0.39 is 0 Å². The van der Waals surface area contributed by atoms with Gasteiger partial charge in [-0.3, -0.25) is 0 Å². The summed E-state index contributed by atoms with van der Waals surface area (Å²) >= 11 is 0. The van der Waals surface area contributed by atoms with Crippen molar-refractivity contribution in [2.24, 2.45) is 0 Å². The Bertz CT molecular complexity index is 690. The summed E-state index contributed by atoms with van der Waals surface area (Å²) in [5.41, 5.74) is 2.04. The Labute approximate surface area is 135 Å². The standard InChI is InChI=1S/C15H19N5O.ClH/c1-10(16-2)9-14-19-15(21-20-14)8-7-13-17-11-5-3-4-6-12(11)18-13;/h3-6,10,16H,7-9H2,1-2H3,(H,17,18);1H. The van der Waals surface area contributed by atoms with Crippen LogP contribution in [0.5, 0.6) is 0 Å². The van der Waals surface area contributed by atoms with Crippen LogP contribution in [0.15, 0.2) is 28.8 Å². The largest absolute Gasteiger partial charge is 0.342 e. The maximum absolute atomic E-state index is 5.28. The highest BCUT2D eigenvalue weighted by atomic mass is 35.5. The van der Waals surface area contributed by atoms with E-state index in [2.05, 4.69) is 32.3 Å². The average molecular weight is 322 g/mol. The molecule has 2 N–H and O–H groups in total. The van der Waals surface area contributed by atoms with E-state index in [1.54, 1.807) is 0 Å². The molecule has 3 aromatic rings. The molecule has 7 heteroatoms. The van der Waals surface area contributed by atoms with Gasteiger partial charge in [0.15, 0.2) is 5.82 Å². The van der Waals surface area contributed by atoms with Crippen molar-refractivity contribution in [1.82, 2.24) is 25.4 Å². The van der Waals surface area contributed by atoms with Crippen molar-refractivity contribution in [3.63, 3.8) is 0 Å². The van der Waals surface area contributed by atoms with Crippen LogP contribution < -0.4 is 5.32 Å². The highest BCUT2D eigenvalue weighted by molar-refractivity contribution is 5.85. The first-order valence-electron chi connectivity index (χ1n) is 7.17. The lowest BCUT2D eigenvalue weighted by Crippen LogP contribution is -2.24. The Kier molecular flexibility index (Phi) is 5.51. The number of hydrogen-bond acceptors (Lipinski definition) is 5. The van der Waals surface area contributed by atoms with E-state index in [1.165, 1.54) is 0 Å². The summed E-state index contributed by atoms with van der Waals surface area (Å²) in [7, 11) is 1.92. The Hall–Kier alpha value is -1.92. The highest BCUT2D eigenvalue weighted by Crippen LogP contribution is 2.12. The summed E-state index contributed by atoms with van der Waals surface area (Å²) in [6.07, 6.45) is 2.23. The maximum atomic E-state index is 5.28. The number of imidazole rings is 1. The van der Waals surface area contributed by atoms with Gasteiger partial charge in [-0.2, -0.15) is 4.98 Å². The van der Waals surface area contributed by atoms with Crippen LogP contribution in [0.3, 0.4) is 0 Å². The highest BCUT2D eigenvalue weighted by Gasteiger charge is 2.10. The zero-order chi connectivity index (χ0) is 14.7. The molecule has 0 bridgehead atoms. The molecular weight excluding hydrogens is 302 g/mol. The summed E-state index contributed by atoms with van der Waals surface area (Å²) in [6, 6.07) is 8.35. The predicted molar refractivity (Wildman–Crippen MR) is 87.3 cm³/mol. The Morgan fingerprint density at radius 3 is 2.82 bits per heavy atom. The van der Waals surface area contributed by atoms with E-state index >= 15 is 0 Å². The van der Waals surface area contributed by atoms with Crippen molar-refractivity contribution in [3.05, 3.63) is 41.8 Å². The summed E-state index contributed by atoms with van der Waals surface area (Å²) in [4.78, 5) is 12.3. The fourth-order valence-electron chi connectivity index (χ4n) is 2.20. The summed E-state index contributed by atoms with van der Waals surface area (Å²) in [6.45, 7) is 2.09. The minimum Gasteiger partial charge on any atom is -0.342 e. The molecule has 118 valence electrons. The van der Waals surface area contributed by atoms with Crippen molar-refractivity contribution >= 4 is 23.4 Å². The molecule has 2 aromatic heterocycles. The monoisotopic (exact) mass is 321 g/mol.